The first-order valence-electron chi connectivity index (χ1n) is 9.25. The maximum absolute atomic E-state index is 12.6. The van der Waals surface area contributed by atoms with Crippen molar-refractivity contribution in [2.75, 3.05) is 10.2 Å². The van der Waals surface area contributed by atoms with Gasteiger partial charge in [0.05, 0.1) is 17.5 Å². The number of rotatable bonds is 3. The molecule has 3 rings (SSSR count). The average molecular weight is 479 g/mol. The van der Waals surface area contributed by atoms with Gasteiger partial charge in [-0.1, -0.05) is 23.2 Å². The van der Waals surface area contributed by atoms with Gasteiger partial charge < -0.3 is 4.74 Å². The highest BCUT2D eigenvalue weighted by atomic mass is 35.5. The van der Waals surface area contributed by atoms with Crippen LogP contribution >= 0.6 is 35.4 Å². The van der Waals surface area contributed by atoms with E-state index in [4.69, 9.17) is 40.2 Å². The standard InChI is InChI=1S/C21H20Cl2N4O3S/c1-21(2,3)30-20(29)25-16-11-24-9-8-12(16)10-15-17(23)27(19(31)26-18(15)28)14-6-4-13(22)5-7-14/h4-11,17H,1-3H3,(H,25,29)(H,26,28,31)/b15-10+. The van der Waals surface area contributed by atoms with Gasteiger partial charge in [0.25, 0.3) is 5.91 Å². The first-order chi connectivity index (χ1) is 14.5. The SMILES string of the molecule is CC(C)(C)OC(=O)Nc1cnccc1/C=C1/C(=O)NC(=S)N(c2ccc(Cl)cc2)C1Cl. The third kappa shape index (κ3) is 5.72. The molecule has 0 bridgehead atoms. The number of carbonyl (C=O) groups is 2. The van der Waals surface area contributed by atoms with Crippen LogP contribution in [0.3, 0.4) is 0 Å². The van der Waals surface area contributed by atoms with Crippen molar-refractivity contribution in [2.45, 2.75) is 31.9 Å². The lowest BCUT2D eigenvalue weighted by Gasteiger charge is -2.35. The first kappa shape index (κ1) is 23.0. The Morgan fingerprint density at radius 2 is 1.97 bits per heavy atom. The van der Waals surface area contributed by atoms with E-state index >= 15 is 0 Å². The quantitative estimate of drug-likeness (QED) is 0.281. The maximum atomic E-state index is 12.6. The van der Waals surface area contributed by atoms with Crippen LogP contribution in [-0.2, 0) is 9.53 Å². The lowest BCUT2D eigenvalue weighted by molar-refractivity contribution is -0.116. The predicted octanol–water partition coefficient (Wildman–Crippen LogP) is 4.95. The number of nitrogens with zero attached hydrogens (tertiary/aromatic N) is 2. The predicted molar refractivity (Wildman–Crippen MR) is 126 cm³/mol. The second-order valence-electron chi connectivity index (χ2n) is 7.63. The van der Waals surface area contributed by atoms with Gasteiger partial charge in [0, 0.05) is 22.5 Å². The van der Waals surface area contributed by atoms with Gasteiger partial charge >= 0.3 is 6.09 Å². The molecule has 10 heteroatoms. The lowest BCUT2D eigenvalue weighted by atomic mass is 10.1. The molecule has 7 nitrogen and oxygen atoms in total. The molecular weight excluding hydrogens is 459 g/mol. The minimum Gasteiger partial charge on any atom is -0.444 e. The molecule has 1 aromatic carbocycles. The summed E-state index contributed by atoms with van der Waals surface area (Å²) >= 11 is 17.9. The Morgan fingerprint density at radius 1 is 1.29 bits per heavy atom. The van der Waals surface area contributed by atoms with E-state index in [1.807, 2.05) is 0 Å². The van der Waals surface area contributed by atoms with E-state index in [0.717, 1.165) is 0 Å². The summed E-state index contributed by atoms with van der Waals surface area (Å²) in [6.45, 7) is 5.28. The van der Waals surface area contributed by atoms with Crippen molar-refractivity contribution < 1.29 is 14.3 Å². The number of carbonyl (C=O) groups excluding carboxylic acids is 2. The molecule has 1 aliphatic rings. The van der Waals surface area contributed by atoms with Crippen LogP contribution in [0.5, 0.6) is 0 Å². The van der Waals surface area contributed by atoms with E-state index in [2.05, 4.69) is 15.6 Å². The van der Waals surface area contributed by atoms with Crippen LogP contribution in [0, 0.1) is 0 Å². The zero-order valence-electron chi connectivity index (χ0n) is 17.0. The van der Waals surface area contributed by atoms with Gasteiger partial charge in [-0.2, -0.15) is 0 Å². The van der Waals surface area contributed by atoms with Crippen molar-refractivity contribution in [2.24, 2.45) is 0 Å². The average Bonchev–Trinajstić information content (AvgIpc) is 2.66. The third-order valence-corrected chi connectivity index (χ3v) is 5.07. The van der Waals surface area contributed by atoms with Gasteiger partial charge in [-0.05, 0) is 69.4 Å². The molecular formula is C21H20Cl2N4O3S. The summed E-state index contributed by atoms with van der Waals surface area (Å²) < 4.78 is 5.29. The normalized spacial score (nSPS) is 18.0. The second-order valence-corrected chi connectivity index (χ2v) is 8.87. The fraction of sp³-hybridized carbons (Fsp3) is 0.238. The second kappa shape index (κ2) is 9.21. The summed E-state index contributed by atoms with van der Waals surface area (Å²) in [6, 6.07) is 8.56. The number of ether oxygens (including phenoxy) is 1. The van der Waals surface area contributed by atoms with Gasteiger partial charge in [-0.15, -0.1) is 0 Å². The molecule has 0 aliphatic carbocycles. The van der Waals surface area contributed by atoms with Gasteiger partial charge in [0.15, 0.2) is 5.11 Å². The number of aromatic nitrogens is 1. The van der Waals surface area contributed by atoms with Gasteiger partial charge in [-0.25, -0.2) is 4.79 Å². The Labute approximate surface area is 195 Å². The summed E-state index contributed by atoms with van der Waals surface area (Å²) in [6.07, 6.45) is 3.94. The molecule has 0 spiro atoms. The molecule has 1 atom stereocenters. The van der Waals surface area contributed by atoms with Crippen molar-refractivity contribution >= 4 is 70.0 Å². The number of hydrogen-bond acceptors (Lipinski definition) is 5. The molecule has 31 heavy (non-hydrogen) atoms. The summed E-state index contributed by atoms with van der Waals surface area (Å²) in [5.74, 6) is -0.435. The maximum Gasteiger partial charge on any atom is 0.412 e. The molecule has 1 fully saturated rings. The minimum absolute atomic E-state index is 0.173. The van der Waals surface area contributed by atoms with Crippen LogP contribution in [0.15, 0.2) is 48.3 Å². The van der Waals surface area contributed by atoms with E-state index < -0.39 is 23.1 Å². The highest BCUT2D eigenvalue weighted by molar-refractivity contribution is 7.80. The van der Waals surface area contributed by atoms with Gasteiger partial charge in [0.2, 0.25) is 0 Å². The summed E-state index contributed by atoms with van der Waals surface area (Å²) in [5, 5.41) is 6.02. The van der Waals surface area contributed by atoms with Gasteiger partial charge in [0.1, 0.15) is 11.1 Å². The van der Waals surface area contributed by atoms with Crippen LogP contribution < -0.4 is 15.5 Å². The smallest absolute Gasteiger partial charge is 0.412 e. The highest BCUT2D eigenvalue weighted by Gasteiger charge is 2.34. The number of hydrogen-bond donors (Lipinski definition) is 2. The van der Waals surface area contributed by atoms with Gasteiger partial charge in [-0.3, -0.25) is 25.3 Å². The Morgan fingerprint density at radius 3 is 2.61 bits per heavy atom. The molecule has 1 aromatic heterocycles. The minimum atomic E-state index is -0.884. The molecule has 1 saturated heterocycles. The largest absolute Gasteiger partial charge is 0.444 e. The summed E-state index contributed by atoms with van der Waals surface area (Å²) in [5.41, 5.74) is 0.257. The van der Waals surface area contributed by atoms with Crippen molar-refractivity contribution in [1.29, 1.82) is 0 Å². The van der Waals surface area contributed by atoms with Crippen LogP contribution in [0.1, 0.15) is 26.3 Å². The van der Waals surface area contributed by atoms with Crippen LogP contribution in [0.25, 0.3) is 6.08 Å². The lowest BCUT2D eigenvalue weighted by Crippen LogP contribution is -2.54. The fourth-order valence-electron chi connectivity index (χ4n) is 2.78. The van der Waals surface area contributed by atoms with Crippen molar-refractivity contribution in [3.63, 3.8) is 0 Å². The molecule has 1 unspecified atom stereocenters. The summed E-state index contributed by atoms with van der Waals surface area (Å²) in [7, 11) is 0. The number of thiocarbonyl (C=S) groups is 1. The fourth-order valence-corrected chi connectivity index (χ4v) is 3.64. The van der Waals surface area contributed by atoms with Crippen molar-refractivity contribution in [3.8, 4) is 0 Å². The number of pyridine rings is 1. The Kier molecular flexibility index (Phi) is 6.83. The van der Waals surface area contributed by atoms with Crippen molar-refractivity contribution in [1.82, 2.24) is 10.3 Å². The molecule has 1 aliphatic heterocycles. The molecule has 2 heterocycles. The zero-order valence-corrected chi connectivity index (χ0v) is 19.3. The molecule has 162 valence electrons. The number of nitrogens with one attached hydrogen (secondary N) is 2. The number of alkyl halides is 1. The number of benzene rings is 1. The van der Waals surface area contributed by atoms with Crippen molar-refractivity contribution in [3.05, 3.63) is 58.9 Å². The Hall–Kier alpha value is -2.68. The molecule has 2 amide bonds. The molecule has 0 saturated carbocycles. The third-order valence-electron chi connectivity index (χ3n) is 4.09. The highest BCUT2D eigenvalue weighted by Crippen LogP contribution is 2.30. The molecule has 2 aromatic rings. The van der Waals surface area contributed by atoms with Crippen LogP contribution in [0.2, 0.25) is 5.02 Å². The van der Waals surface area contributed by atoms with E-state index in [-0.39, 0.29) is 10.7 Å². The topological polar surface area (TPSA) is 83.6 Å². The Balaban J connectivity index is 1.93. The Bertz CT molecular complexity index is 1050. The van der Waals surface area contributed by atoms with E-state index in [1.54, 1.807) is 62.1 Å². The zero-order chi connectivity index (χ0) is 22.8. The number of anilines is 2. The molecule has 2 N–H and O–H groups in total. The van der Waals surface area contributed by atoms with Crippen LogP contribution in [-0.4, -0.2) is 33.2 Å². The number of halogens is 2. The van der Waals surface area contributed by atoms with E-state index in [1.165, 1.54) is 12.4 Å². The van der Waals surface area contributed by atoms with Crippen LogP contribution in [0.4, 0.5) is 16.2 Å². The van der Waals surface area contributed by atoms with E-state index in [9.17, 15) is 9.59 Å². The number of amides is 2. The molecule has 0 radical (unpaired) electrons. The monoisotopic (exact) mass is 478 g/mol. The summed E-state index contributed by atoms with van der Waals surface area (Å²) in [4.78, 5) is 30.5. The van der Waals surface area contributed by atoms with E-state index in [0.29, 0.717) is 22.0 Å². The first-order valence-corrected chi connectivity index (χ1v) is 10.5.